The molecule has 0 aliphatic carbocycles. The molecule has 0 aromatic heterocycles. The minimum atomic E-state index is -0.185. The van der Waals surface area contributed by atoms with Crippen molar-refractivity contribution in [1.82, 2.24) is 4.90 Å². The third kappa shape index (κ3) is 4.25. The fourth-order valence-corrected chi connectivity index (χ4v) is 3.28. The minimum Gasteiger partial charge on any atom is -0.384 e. The van der Waals surface area contributed by atoms with Crippen LogP contribution in [0.5, 0.6) is 0 Å². The Balaban J connectivity index is 2.11. The number of nitrogens with zero attached hydrogens (tertiary/aromatic N) is 1. The molecule has 1 saturated heterocycles. The average Bonchev–Trinajstić information content (AvgIpc) is 2.49. The molecule has 1 aliphatic rings. The van der Waals surface area contributed by atoms with E-state index in [9.17, 15) is 4.39 Å². The number of likely N-dealkylation sites (tertiary alicyclic amines) is 1. The highest BCUT2D eigenvalue weighted by molar-refractivity contribution is 5.22. The quantitative estimate of drug-likeness (QED) is 0.876. The SMILES string of the molecule is CCC(N)C(c1cccc(F)c1)N1CCC(COC)CC1. The van der Waals surface area contributed by atoms with Crippen molar-refractivity contribution < 1.29 is 9.13 Å². The van der Waals surface area contributed by atoms with Crippen LogP contribution in [-0.2, 0) is 4.74 Å². The number of halogens is 1. The van der Waals surface area contributed by atoms with Crippen molar-refractivity contribution >= 4 is 0 Å². The number of methoxy groups -OCH3 is 1. The van der Waals surface area contributed by atoms with Gasteiger partial charge in [-0.1, -0.05) is 19.1 Å². The van der Waals surface area contributed by atoms with E-state index < -0.39 is 0 Å². The van der Waals surface area contributed by atoms with E-state index in [-0.39, 0.29) is 17.9 Å². The second-order valence-electron chi connectivity index (χ2n) is 6.01. The molecule has 1 fully saturated rings. The van der Waals surface area contributed by atoms with Gasteiger partial charge in [-0.15, -0.1) is 0 Å². The van der Waals surface area contributed by atoms with E-state index in [0.717, 1.165) is 44.5 Å². The minimum absolute atomic E-state index is 0.0331. The van der Waals surface area contributed by atoms with Crippen molar-refractivity contribution in [3.05, 3.63) is 35.6 Å². The highest BCUT2D eigenvalue weighted by Crippen LogP contribution is 2.30. The molecular formula is C17H27FN2O. The first kappa shape index (κ1) is 16.4. The zero-order valence-electron chi connectivity index (χ0n) is 13.1. The van der Waals surface area contributed by atoms with Gasteiger partial charge < -0.3 is 10.5 Å². The molecule has 1 aliphatic heterocycles. The van der Waals surface area contributed by atoms with E-state index >= 15 is 0 Å². The Morgan fingerprint density at radius 1 is 1.38 bits per heavy atom. The molecule has 2 N–H and O–H groups in total. The van der Waals surface area contributed by atoms with Gasteiger partial charge in [0.15, 0.2) is 0 Å². The van der Waals surface area contributed by atoms with Gasteiger partial charge in [0.05, 0.1) is 0 Å². The summed E-state index contributed by atoms with van der Waals surface area (Å²) in [6, 6.07) is 7.02. The molecule has 3 nitrogen and oxygen atoms in total. The van der Waals surface area contributed by atoms with Crippen LogP contribution in [0.15, 0.2) is 24.3 Å². The largest absolute Gasteiger partial charge is 0.384 e. The van der Waals surface area contributed by atoms with Crippen molar-refractivity contribution in [2.75, 3.05) is 26.8 Å². The van der Waals surface area contributed by atoms with E-state index in [1.54, 1.807) is 19.2 Å². The van der Waals surface area contributed by atoms with Gasteiger partial charge in [-0.25, -0.2) is 4.39 Å². The first-order chi connectivity index (χ1) is 10.2. The Bertz CT molecular complexity index is 433. The van der Waals surface area contributed by atoms with Crippen LogP contribution in [0, 0.1) is 11.7 Å². The predicted octanol–water partition coefficient (Wildman–Crippen LogP) is 2.96. The Kier molecular flexibility index (Phi) is 6.15. The van der Waals surface area contributed by atoms with E-state index in [1.165, 1.54) is 6.07 Å². The van der Waals surface area contributed by atoms with Gasteiger partial charge in [0.1, 0.15) is 5.82 Å². The van der Waals surface area contributed by atoms with Crippen LogP contribution >= 0.6 is 0 Å². The summed E-state index contributed by atoms with van der Waals surface area (Å²) in [5, 5.41) is 0. The maximum Gasteiger partial charge on any atom is 0.123 e. The van der Waals surface area contributed by atoms with Crippen molar-refractivity contribution in [3.8, 4) is 0 Å². The number of nitrogens with two attached hydrogens (primary N) is 1. The summed E-state index contributed by atoms with van der Waals surface area (Å²) in [4.78, 5) is 2.41. The molecule has 0 bridgehead atoms. The van der Waals surface area contributed by atoms with Crippen LogP contribution < -0.4 is 5.73 Å². The molecule has 0 amide bonds. The maximum atomic E-state index is 13.5. The van der Waals surface area contributed by atoms with Crippen molar-refractivity contribution in [1.29, 1.82) is 0 Å². The zero-order valence-corrected chi connectivity index (χ0v) is 13.1. The molecule has 21 heavy (non-hydrogen) atoms. The lowest BCUT2D eigenvalue weighted by molar-refractivity contribution is 0.0714. The lowest BCUT2D eigenvalue weighted by atomic mass is 9.91. The lowest BCUT2D eigenvalue weighted by Crippen LogP contribution is -2.45. The zero-order chi connectivity index (χ0) is 15.2. The number of rotatable bonds is 6. The summed E-state index contributed by atoms with van der Waals surface area (Å²) in [5.74, 6) is 0.451. The van der Waals surface area contributed by atoms with Crippen LogP contribution in [0.3, 0.4) is 0 Å². The van der Waals surface area contributed by atoms with Gasteiger partial charge in [-0.2, -0.15) is 0 Å². The first-order valence-electron chi connectivity index (χ1n) is 7.89. The predicted molar refractivity (Wildman–Crippen MR) is 83.6 cm³/mol. The normalized spacial score (nSPS) is 20.4. The Morgan fingerprint density at radius 2 is 2.10 bits per heavy atom. The van der Waals surface area contributed by atoms with E-state index in [4.69, 9.17) is 10.5 Å². The summed E-state index contributed by atoms with van der Waals surface area (Å²) in [6.45, 7) is 4.93. The van der Waals surface area contributed by atoms with Crippen molar-refractivity contribution in [3.63, 3.8) is 0 Å². The first-order valence-corrected chi connectivity index (χ1v) is 7.89. The van der Waals surface area contributed by atoms with Crippen LogP contribution in [0.4, 0.5) is 4.39 Å². The van der Waals surface area contributed by atoms with Crippen molar-refractivity contribution in [2.45, 2.75) is 38.3 Å². The molecule has 4 heteroatoms. The smallest absolute Gasteiger partial charge is 0.123 e. The van der Waals surface area contributed by atoms with Crippen LogP contribution in [0.2, 0.25) is 0 Å². The second kappa shape index (κ2) is 7.87. The monoisotopic (exact) mass is 294 g/mol. The molecule has 1 aromatic carbocycles. The van der Waals surface area contributed by atoms with Crippen molar-refractivity contribution in [2.24, 2.45) is 11.7 Å². The third-order valence-corrected chi connectivity index (χ3v) is 4.51. The summed E-state index contributed by atoms with van der Waals surface area (Å²) < 4.78 is 18.8. The van der Waals surface area contributed by atoms with Crippen LogP contribution in [0.1, 0.15) is 37.8 Å². The molecule has 0 saturated carbocycles. The van der Waals surface area contributed by atoms with Crippen LogP contribution in [-0.4, -0.2) is 37.7 Å². The second-order valence-corrected chi connectivity index (χ2v) is 6.01. The van der Waals surface area contributed by atoms with Gasteiger partial charge in [-0.05, 0) is 56.0 Å². The Morgan fingerprint density at radius 3 is 2.67 bits per heavy atom. The van der Waals surface area contributed by atoms with E-state index in [2.05, 4.69) is 11.8 Å². The van der Waals surface area contributed by atoms with Crippen LogP contribution in [0.25, 0.3) is 0 Å². The van der Waals surface area contributed by atoms with Gasteiger partial charge in [0.25, 0.3) is 0 Å². The topological polar surface area (TPSA) is 38.5 Å². The Hall–Kier alpha value is -0.970. The molecule has 0 radical (unpaired) electrons. The van der Waals surface area contributed by atoms with Gasteiger partial charge >= 0.3 is 0 Å². The number of ether oxygens (including phenoxy) is 1. The lowest BCUT2D eigenvalue weighted by Gasteiger charge is -2.40. The molecule has 118 valence electrons. The molecule has 2 unspecified atom stereocenters. The molecule has 1 heterocycles. The molecule has 2 atom stereocenters. The summed E-state index contributed by atoms with van der Waals surface area (Å²) >= 11 is 0. The average molecular weight is 294 g/mol. The summed E-state index contributed by atoms with van der Waals surface area (Å²) in [5.41, 5.74) is 7.33. The van der Waals surface area contributed by atoms with Gasteiger partial charge in [0.2, 0.25) is 0 Å². The molecular weight excluding hydrogens is 267 g/mol. The molecule has 2 rings (SSSR count). The summed E-state index contributed by atoms with van der Waals surface area (Å²) in [6.07, 6.45) is 3.13. The van der Waals surface area contributed by atoms with Gasteiger partial charge in [-0.3, -0.25) is 4.90 Å². The van der Waals surface area contributed by atoms with Gasteiger partial charge in [0, 0.05) is 25.8 Å². The summed E-state index contributed by atoms with van der Waals surface area (Å²) in [7, 11) is 1.76. The maximum absolute atomic E-state index is 13.5. The number of piperidine rings is 1. The highest BCUT2D eigenvalue weighted by Gasteiger charge is 2.29. The third-order valence-electron chi connectivity index (χ3n) is 4.51. The van der Waals surface area contributed by atoms with E-state index in [1.807, 2.05) is 6.07 Å². The Labute approximate surface area is 127 Å². The fraction of sp³-hybridized carbons (Fsp3) is 0.647. The van der Waals surface area contributed by atoms with E-state index in [0.29, 0.717) is 5.92 Å². The number of hydrogen-bond donors (Lipinski definition) is 1. The number of benzene rings is 1. The number of hydrogen-bond acceptors (Lipinski definition) is 3. The molecule has 1 aromatic rings. The molecule has 0 spiro atoms. The highest BCUT2D eigenvalue weighted by atomic mass is 19.1. The standard InChI is InChI=1S/C17H27FN2O/c1-3-16(19)17(14-5-4-6-15(18)11-14)20-9-7-13(8-10-20)12-21-2/h4-6,11,13,16-17H,3,7-10,12,19H2,1-2H3. The fourth-order valence-electron chi connectivity index (χ4n) is 3.28.